The zero-order valence-corrected chi connectivity index (χ0v) is 8.86. The van der Waals surface area contributed by atoms with Crippen molar-refractivity contribution >= 4 is 5.97 Å². The number of hydrogen-bond donors (Lipinski definition) is 1. The molecule has 0 bridgehead atoms. The zero-order valence-electron chi connectivity index (χ0n) is 9.86. The van der Waals surface area contributed by atoms with Gasteiger partial charge in [0.1, 0.15) is 0 Å². The van der Waals surface area contributed by atoms with Crippen LogP contribution in [0.5, 0.6) is 0 Å². The molecule has 1 fully saturated rings. The normalized spacial score (nSPS) is 18.8. The summed E-state index contributed by atoms with van der Waals surface area (Å²) in [7, 11) is 0. The third kappa shape index (κ3) is 1.92. The lowest BCUT2D eigenvalue weighted by Crippen LogP contribution is -2.06. The quantitative estimate of drug-likeness (QED) is 0.826. The van der Waals surface area contributed by atoms with Crippen LogP contribution in [0, 0.1) is 11.3 Å². The molecule has 0 aromatic heterocycles. The molecule has 0 atom stereocenters. The fourth-order valence-electron chi connectivity index (χ4n) is 2.17. The summed E-state index contributed by atoms with van der Waals surface area (Å²) >= 11 is 0. The SMILES string of the molecule is [2H]C1(c2ccc(C#N)cc2C(=O)O)CCCC1. The Labute approximate surface area is 95.7 Å². The van der Waals surface area contributed by atoms with Gasteiger partial charge in [0, 0.05) is 1.37 Å². The summed E-state index contributed by atoms with van der Waals surface area (Å²) in [5.74, 6) is -1.85. The fraction of sp³-hybridized carbons (Fsp3) is 0.385. The maximum atomic E-state index is 11.2. The third-order valence-electron chi connectivity index (χ3n) is 2.97. The molecule has 1 aromatic rings. The van der Waals surface area contributed by atoms with E-state index in [0.717, 1.165) is 12.8 Å². The van der Waals surface area contributed by atoms with Gasteiger partial charge >= 0.3 is 5.97 Å². The highest BCUT2D eigenvalue weighted by atomic mass is 16.4. The summed E-state index contributed by atoms with van der Waals surface area (Å²) < 4.78 is 8.34. The van der Waals surface area contributed by atoms with Gasteiger partial charge in [-0.1, -0.05) is 18.9 Å². The highest BCUT2D eigenvalue weighted by Crippen LogP contribution is 2.36. The second kappa shape index (κ2) is 4.36. The number of nitrogens with zero attached hydrogens (tertiary/aromatic N) is 1. The highest BCUT2D eigenvalue weighted by molar-refractivity contribution is 5.90. The van der Waals surface area contributed by atoms with Crippen LogP contribution in [0.3, 0.4) is 0 Å². The Balaban J connectivity index is 2.54. The lowest BCUT2D eigenvalue weighted by atomic mass is 9.92. The zero-order chi connectivity index (χ0) is 12.5. The van der Waals surface area contributed by atoms with E-state index in [1.165, 1.54) is 6.07 Å². The average molecular weight is 216 g/mol. The molecule has 0 unspecified atom stereocenters. The molecule has 3 heteroatoms. The average Bonchev–Trinajstić information content (AvgIpc) is 2.76. The van der Waals surface area contributed by atoms with E-state index in [9.17, 15) is 4.79 Å². The lowest BCUT2D eigenvalue weighted by Gasteiger charge is -2.12. The predicted octanol–water partition coefficient (Wildman–Crippen LogP) is 2.91. The molecule has 82 valence electrons. The van der Waals surface area contributed by atoms with Crippen LogP contribution in [0.15, 0.2) is 18.2 Å². The molecule has 0 aliphatic heterocycles. The maximum Gasteiger partial charge on any atom is 0.336 e. The van der Waals surface area contributed by atoms with Crippen LogP contribution in [0.1, 0.15) is 54.4 Å². The first-order chi connectivity index (χ1) is 8.07. The van der Waals surface area contributed by atoms with Crippen LogP contribution in [0.4, 0.5) is 0 Å². The van der Waals surface area contributed by atoms with E-state index in [1.807, 2.05) is 6.07 Å². The van der Waals surface area contributed by atoms with E-state index in [-0.39, 0.29) is 5.56 Å². The van der Waals surface area contributed by atoms with Crippen molar-refractivity contribution in [2.45, 2.75) is 31.6 Å². The van der Waals surface area contributed by atoms with Gasteiger partial charge in [-0.25, -0.2) is 4.79 Å². The molecule has 1 aromatic carbocycles. The van der Waals surface area contributed by atoms with Crippen LogP contribution in [-0.2, 0) is 0 Å². The number of carboxylic acids is 1. The van der Waals surface area contributed by atoms with E-state index in [0.29, 0.717) is 24.0 Å². The van der Waals surface area contributed by atoms with Gasteiger partial charge in [-0.3, -0.25) is 0 Å². The van der Waals surface area contributed by atoms with Crippen LogP contribution in [-0.4, -0.2) is 11.1 Å². The molecular weight excluding hydrogens is 202 g/mol. The van der Waals surface area contributed by atoms with Gasteiger partial charge in [0.05, 0.1) is 17.2 Å². The van der Waals surface area contributed by atoms with E-state index < -0.39 is 11.9 Å². The highest BCUT2D eigenvalue weighted by Gasteiger charge is 2.22. The minimum atomic E-state index is -1.06. The summed E-state index contributed by atoms with van der Waals surface area (Å²) in [6, 6.07) is 6.51. The van der Waals surface area contributed by atoms with E-state index in [1.54, 1.807) is 12.1 Å². The van der Waals surface area contributed by atoms with Crippen molar-refractivity contribution in [2.24, 2.45) is 0 Å². The van der Waals surface area contributed by atoms with Crippen molar-refractivity contribution in [2.75, 3.05) is 0 Å². The third-order valence-corrected chi connectivity index (χ3v) is 2.97. The number of nitriles is 1. The number of aromatic carboxylic acids is 1. The smallest absolute Gasteiger partial charge is 0.336 e. The minimum Gasteiger partial charge on any atom is -0.478 e. The molecule has 1 saturated carbocycles. The monoisotopic (exact) mass is 216 g/mol. The topological polar surface area (TPSA) is 61.1 Å². The van der Waals surface area contributed by atoms with Crippen LogP contribution >= 0.6 is 0 Å². The summed E-state index contributed by atoms with van der Waals surface area (Å²) in [6.07, 6.45) is 3.31. The van der Waals surface area contributed by atoms with Gasteiger partial charge in [0.15, 0.2) is 0 Å². The van der Waals surface area contributed by atoms with Crippen molar-refractivity contribution < 1.29 is 11.3 Å². The molecule has 3 nitrogen and oxygen atoms in total. The Morgan fingerprint density at radius 1 is 1.50 bits per heavy atom. The summed E-state index contributed by atoms with van der Waals surface area (Å²) in [6.45, 7) is 0. The van der Waals surface area contributed by atoms with Crippen LogP contribution in [0.2, 0.25) is 0 Å². The van der Waals surface area contributed by atoms with Gasteiger partial charge in [0.2, 0.25) is 0 Å². The predicted molar refractivity (Wildman–Crippen MR) is 59.3 cm³/mol. The molecule has 0 radical (unpaired) electrons. The number of carboxylic acid groups (broad SMARTS) is 1. The molecule has 1 aliphatic carbocycles. The van der Waals surface area contributed by atoms with Crippen molar-refractivity contribution in [3.63, 3.8) is 0 Å². The van der Waals surface area contributed by atoms with Gasteiger partial charge in [0.25, 0.3) is 0 Å². The van der Waals surface area contributed by atoms with Crippen molar-refractivity contribution in [1.82, 2.24) is 0 Å². The standard InChI is InChI=1S/C13H13NO2/c14-8-9-5-6-11(10-3-1-2-4-10)12(7-9)13(15)16/h5-7,10H,1-4H2,(H,15,16)/i10D. The Bertz CT molecular complexity index is 499. The van der Waals surface area contributed by atoms with E-state index >= 15 is 0 Å². The Kier molecular flexibility index (Phi) is 2.56. The largest absolute Gasteiger partial charge is 0.478 e. The first-order valence-electron chi connectivity index (χ1n) is 5.85. The second-order valence-corrected chi connectivity index (χ2v) is 3.99. The van der Waals surface area contributed by atoms with Crippen molar-refractivity contribution in [1.29, 1.82) is 5.26 Å². The number of hydrogen-bond acceptors (Lipinski definition) is 2. The second-order valence-electron chi connectivity index (χ2n) is 3.99. The van der Waals surface area contributed by atoms with E-state index in [2.05, 4.69) is 0 Å². The molecule has 0 spiro atoms. The number of carbonyl (C=O) groups is 1. The lowest BCUT2D eigenvalue weighted by molar-refractivity contribution is 0.0695. The van der Waals surface area contributed by atoms with Crippen molar-refractivity contribution in [3.05, 3.63) is 34.9 Å². The molecule has 0 saturated heterocycles. The number of rotatable bonds is 2. The summed E-state index contributed by atoms with van der Waals surface area (Å²) in [5.41, 5.74) is 0.968. The number of benzene rings is 1. The Morgan fingerprint density at radius 2 is 2.19 bits per heavy atom. The first-order valence-corrected chi connectivity index (χ1v) is 5.35. The van der Waals surface area contributed by atoms with Crippen LogP contribution in [0.25, 0.3) is 0 Å². The van der Waals surface area contributed by atoms with Crippen molar-refractivity contribution in [3.8, 4) is 6.07 Å². The van der Waals surface area contributed by atoms with Crippen LogP contribution < -0.4 is 0 Å². The maximum absolute atomic E-state index is 11.2. The van der Waals surface area contributed by atoms with Gasteiger partial charge in [-0.05, 0) is 36.4 Å². The summed E-state index contributed by atoms with van der Waals surface area (Å²) in [4.78, 5) is 11.2. The van der Waals surface area contributed by atoms with Gasteiger partial charge < -0.3 is 5.11 Å². The summed E-state index contributed by atoms with van der Waals surface area (Å²) in [5, 5.41) is 17.9. The first kappa shape index (κ1) is 9.41. The molecule has 0 heterocycles. The van der Waals surface area contributed by atoms with E-state index in [4.69, 9.17) is 11.7 Å². The molecule has 1 aliphatic rings. The molecule has 2 rings (SSSR count). The molecule has 0 amide bonds. The van der Waals surface area contributed by atoms with Gasteiger partial charge in [-0.15, -0.1) is 0 Å². The Morgan fingerprint density at radius 3 is 2.75 bits per heavy atom. The molecule has 16 heavy (non-hydrogen) atoms. The molecule has 1 N–H and O–H groups in total. The fourth-order valence-corrected chi connectivity index (χ4v) is 2.17. The Hall–Kier alpha value is -1.82. The minimum absolute atomic E-state index is 0.0981. The van der Waals surface area contributed by atoms with Gasteiger partial charge in [-0.2, -0.15) is 5.26 Å². The molecular formula is C13H13NO2.